The molecule has 0 N–H and O–H groups in total. The van der Waals surface area contributed by atoms with E-state index in [9.17, 15) is 0 Å². The quantitative estimate of drug-likeness (QED) is 0.720. The first-order valence-electron chi connectivity index (χ1n) is 5.58. The maximum absolute atomic E-state index is 4.26. The van der Waals surface area contributed by atoms with Crippen molar-refractivity contribution in [2.45, 2.75) is 19.3 Å². The van der Waals surface area contributed by atoms with Gasteiger partial charge in [-0.3, -0.25) is 0 Å². The normalized spacial score (nSPS) is 14.5. The molecule has 0 saturated carbocycles. The summed E-state index contributed by atoms with van der Waals surface area (Å²) < 4.78 is 0. The molecule has 1 aromatic heterocycles. The van der Waals surface area contributed by atoms with Crippen LogP contribution in [0.25, 0.3) is 11.4 Å². The van der Waals surface area contributed by atoms with E-state index in [2.05, 4.69) is 34.6 Å². The van der Waals surface area contributed by atoms with Crippen LogP contribution in [0.2, 0.25) is 0 Å². The lowest BCUT2D eigenvalue weighted by Gasteiger charge is -2.15. The molecule has 0 saturated heterocycles. The average molecular weight is 208 g/mol. The van der Waals surface area contributed by atoms with Crippen LogP contribution in [0.3, 0.4) is 0 Å². The summed E-state index contributed by atoms with van der Waals surface area (Å²) in [5.41, 5.74) is 3.70. The molecule has 2 heteroatoms. The van der Waals surface area contributed by atoms with Gasteiger partial charge in [0.25, 0.3) is 0 Å². The molecule has 0 spiro atoms. The Morgan fingerprint density at radius 1 is 1.12 bits per heavy atom. The fourth-order valence-corrected chi connectivity index (χ4v) is 2.05. The Balaban J connectivity index is 2.03. The minimum Gasteiger partial charge on any atom is -0.237 e. The molecule has 78 valence electrons. The monoisotopic (exact) mass is 208 g/mol. The Bertz CT molecular complexity index is 491. The molecule has 2 nitrogen and oxygen atoms in total. The maximum Gasteiger partial charge on any atom is 0.159 e. The van der Waals surface area contributed by atoms with E-state index in [4.69, 9.17) is 0 Å². The number of benzene rings is 1. The van der Waals surface area contributed by atoms with Crippen LogP contribution in [0.5, 0.6) is 0 Å². The van der Waals surface area contributed by atoms with Gasteiger partial charge in [0.1, 0.15) is 0 Å². The Labute approximate surface area is 95.4 Å². The molecular weight excluding hydrogens is 196 g/mol. The van der Waals surface area contributed by atoms with Gasteiger partial charge in [-0.2, -0.15) is 0 Å². The first-order valence-corrected chi connectivity index (χ1v) is 5.58. The molecule has 0 bridgehead atoms. The summed E-state index contributed by atoms with van der Waals surface area (Å²) in [6, 6.07) is 8.25. The molecule has 3 rings (SSSR count). The molecule has 16 heavy (non-hydrogen) atoms. The van der Waals surface area contributed by atoms with Crippen LogP contribution < -0.4 is 0 Å². The zero-order valence-corrected chi connectivity index (χ0v) is 8.98. The molecule has 2 radical (unpaired) electrons. The van der Waals surface area contributed by atoms with Crippen molar-refractivity contribution in [1.82, 2.24) is 9.97 Å². The smallest absolute Gasteiger partial charge is 0.159 e. The molecule has 1 aliphatic rings. The third-order valence-corrected chi connectivity index (χ3v) is 2.87. The van der Waals surface area contributed by atoms with Crippen molar-refractivity contribution in [2.24, 2.45) is 0 Å². The van der Waals surface area contributed by atoms with Gasteiger partial charge in [0.05, 0.1) is 0 Å². The highest BCUT2D eigenvalue weighted by Gasteiger charge is 2.11. The molecule has 0 aliphatic heterocycles. The van der Waals surface area contributed by atoms with E-state index in [-0.39, 0.29) is 0 Å². The second-order valence-electron chi connectivity index (χ2n) is 3.97. The van der Waals surface area contributed by atoms with E-state index < -0.39 is 0 Å². The predicted octanol–water partition coefficient (Wildman–Crippen LogP) is 2.91. The lowest BCUT2D eigenvalue weighted by Crippen LogP contribution is -2.01. The van der Waals surface area contributed by atoms with Gasteiger partial charge in [-0.25, -0.2) is 9.97 Å². The van der Waals surface area contributed by atoms with Crippen LogP contribution in [0.1, 0.15) is 24.0 Å². The predicted molar refractivity (Wildman–Crippen MR) is 62.8 cm³/mol. The second kappa shape index (κ2) is 4.05. The first-order chi connectivity index (χ1) is 7.93. The summed E-state index contributed by atoms with van der Waals surface area (Å²) >= 11 is 0. The van der Waals surface area contributed by atoms with E-state index in [1.165, 1.54) is 17.5 Å². The molecule has 1 aliphatic carbocycles. The van der Waals surface area contributed by atoms with Crippen molar-refractivity contribution >= 4 is 0 Å². The molecule has 0 fully saturated rings. The summed E-state index contributed by atoms with van der Waals surface area (Å²) in [7, 11) is 0. The van der Waals surface area contributed by atoms with E-state index in [0.717, 1.165) is 24.2 Å². The number of fused-ring (bicyclic) bond motifs is 1. The lowest BCUT2D eigenvalue weighted by atomic mass is 9.90. The molecular formula is C14H12N2. The Kier molecular flexibility index (Phi) is 2.41. The average Bonchev–Trinajstić information content (AvgIpc) is 2.39. The topological polar surface area (TPSA) is 25.8 Å². The summed E-state index contributed by atoms with van der Waals surface area (Å²) in [5.74, 6) is 0.790. The Morgan fingerprint density at radius 2 is 2.00 bits per heavy atom. The Morgan fingerprint density at radius 3 is 2.88 bits per heavy atom. The number of hydrogen-bond acceptors (Lipinski definition) is 2. The second-order valence-corrected chi connectivity index (χ2v) is 3.97. The molecule has 2 aromatic rings. The highest BCUT2D eigenvalue weighted by Crippen LogP contribution is 2.26. The van der Waals surface area contributed by atoms with Crippen molar-refractivity contribution < 1.29 is 0 Å². The molecule has 0 unspecified atom stereocenters. The molecule has 0 amide bonds. The number of nitrogens with zero attached hydrogens (tertiary/aromatic N) is 2. The van der Waals surface area contributed by atoms with Gasteiger partial charge in [0.15, 0.2) is 5.82 Å². The summed E-state index contributed by atoms with van der Waals surface area (Å²) in [5, 5.41) is 0. The van der Waals surface area contributed by atoms with Gasteiger partial charge < -0.3 is 0 Å². The van der Waals surface area contributed by atoms with Gasteiger partial charge in [-0.05, 0) is 42.5 Å². The van der Waals surface area contributed by atoms with Crippen molar-refractivity contribution in [3.8, 4) is 11.4 Å². The summed E-state index contributed by atoms with van der Waals surface area (Å²) in [6.45, 7) is 0. The van der Waals surface area contributed by atoms with Gasteiger partial charge in [-0.15, -0.1) is 0 Å². The number of hydrogen-bond donors (Lipinski definition) is 0. The zero-order valence-electron chi connectivity index (χ0n) is 8.98. The fraction of sp³-hybridized carbons (Fsp3) is 0.214. The fourth-order valence-electron chi connectivity index (χ4n) is 2.05. The highest BCUT2D eigenvalue weighted by molar-refractivity contribution is 5.58. The maximum atomic E-state index is 4.26. The standard InChI is InChI=1S/C14H12N2/c1-2-5-12-10-13(7-6-11(12)4-1)14-15-8-3-9-16-14/h3,6-10H,1-2,4H2. The van der Waals surface area contributed by atoms with E-state index in [1.807, 2.05) is 6.07 Å². The van der Waals surface area contributed by atoms with Crippen LogP contribution in [0.4, 0.5) is 0 Å². The zero-order chi connectivity index (χ0) is 10.8. The van der Waals surface area contributed by atoms with Crippen LogP contribution >= 0.6 is 0 Å². The lowest BCUT2D eigenvalue weighted by molar-refractivity contribution is 0.775. The van der Waals surface area contributed by atoms with Gasteiger partial charge >= 0.3 is 0 Å². The molecule has 0 atom stereocenters. The first kappa shape index (κ1) is 9.52. The van der Waals surface area contributed by atoms with E-state index in [1.54, 1.807) is 12.4 Å². The number of aryl methyl sites for hydroxylation is 1. The Hall–Kier alpha value is -1.70. The van der Waals surface area contributed by atoms with Crippen LogP contribution in [0, 0.1) is 6.42 Å². The van der Waals surface area contributed by atoms with Crippen LogP contribution in [0.15, 0.2) is 36.7 Å². The largest absolute Gasteiger partial charge is 0.237 e. The molecule has 1 heterocycles. The van der Waals surface area contributed by atoms with Gasteiger partial charge in [-0.1, -0.05) is 12.1 Å². The van der Waals surface area contributed by atoms with Crippen molar-refractivity contribution in [3.05, 3.63) is 54.2 Å². The van der Waals surface area contributed by atoms with E-state index >= 15 is 0 Å². The summed E-state index contributed by atoms with van der Waals surface area (Å²) in [4.78, 5) is 8.52. The molecule has 1 aromatic carbocycles. The highest BCUT2D eigenvalue weighted by atomic mass is 14.8. The van der Waals surface area contributed by atoms with Crippen LogP contribution in [-0.4, -0.2) is 9.97 Å². The SMILES string of the molecule is [C]1CCCc2ccc(-c3ncccn3)cc21. The van der Waals surface area contributed by atoms with Crippen molar-refractivity contribution in [3.63, 3.8) is 0 Å². The van der Waals surface area contributed by atoms with Crippen molar-refractivity contribution in [2.75, 3.05) is 0 Å². The van der Waals surface area contributed by atoms with Gasteiger partial charge in [0.2, 0.25) is 0 Å². The van der Waals surface area contributed by atoms with Crippen molar-refractivity contribution in [1.29, 1.82) is 0 Å². The minimum absolute atomic E-state index is 0.790. The van der Waals surface area contributed by atoms with E-state index in [0.29, 0.717) is 0 Å². The summed E-state index contributed by atoms with van der Waals surface area (Å²) in [6.07, 6.45) is 10.4. The number of aromatic nitrogens is 2. The van der Waals surface area contributed by atoms with Crippen LogP contribution in [-0.2, 0) is 6.42 Å². The minimum atomic E-state index is 0.790. The third-order valence-electron chi connectivity index (χ3n) is 2.87. The van der Waals surface area contributed by atoms with Gasteiger partial charge in [0, 0.05) is 24.4 Å². The number of rotatable bonds is 1. The third kappa shape index (κ3) is 1.71.